The average molecular weight is 389 g/mol. The molecule has 6 heteroatoms. The number of amides is 2. The van der Waals surface area contributed by atoms with E-state index in [0.717, 1.165) is 36.5 Å². The van der Waals surface area contributed by atoms with Crippen molar-refractivity contribution in [3.63, 3.8) is 0 Å². The van der Waals surface area contributed by atoms with Gasteiger partial charge in [-0.15, -0.1) is 11.8 Å². The number of anilines is 1. The summed E-state index contributed by atoms with van der Waals surface area (Å²) >= 11 is 1.52. The van der Waals surface area contributed by atoms with Crippen molar-refractivity contribution in [1.29, 1.82) is 0 Å². The van der Waals surface area contributed by atoms with E-state index in [1.165, 1.54) is 31.0 Å². The molecule has 2 aliphatic carbocycles. The van der Waals surface area contributed by atoms with Crippen LogP contribution in [0.25, 0.3) is 0 Å². The number of carbonyl (C=O) groups is 2. The molecule has 2 unspecified atom stereocenters. The third kappa shape index (κ3) is 3.27. The van der Waals surface area contributed by atoms with Crippen LogP contribution in [-0.2, 0) is 9.53 Å². The maximum absolute atomic E-state index is 13.2. The Morgan fingerprint density at radius 2 is 2.11 bits per heavy atom. The van der Waals surface area contributed by atoms with Crippen molar-refractivity contribution in [3.8, 4) is 0 Å². The summed E-state index contributed by atoms with van der Waals surface area (Å²) in [5.74, 6) is 0.460. The summed E-state index contributed by atoms with van der Waals surface area (Å²) < 4.78 is 6.03. The average Bonchev–Trinajstić information content (AvgIpc) is 2.69. The fraction of sp³-hybridized carbons (Fsp3) is 0.619. The number of benzene rings is 1. The Bertz CT molecular complexity index is 745. The summed E-state index contributed by atoms with van der Waals surface area (Å²) in [6, 6.07) is 5.89. The van der Waals surface area contributed by atoms with Gasteiger partial charge in [-0.1, -0.05) is 19.3 Å². The lowest BCUT2D eigenvalue weighted by atomic mass is 9.54. The van der Waals surface area contributed by atoms with Crippen LogP contribution >= 0.6 is 11.8 Å². The maximum Gasteiger partial charge on any atom is 0.253 e. The molecular formula is C21H28N2O3S. The van der Waals surface area contributed by atoms with Gasteiger partial charge in [-0.05, 0) is 44.4 Å². The van der Waals surface area contributed by atoms with Crippen LogP contribution in [0, 0.1) is 5.41 Å². The smallest absolute Gasteiger partial charge is 0.253 e. The van der Waals surface area contributed by atoms with E-state index in [1.54, 1.807) is 0 Å². The second-order valence-corrected chi connectivity index (χ2v) is 8.97. The molecule has 2 amide bonds. The zero-order chi connectivity index (χ0) is 19.0. The summed E-state index contributed by atoms with van der Waals surface area (Å²) in [6.45, 7) is 2.79. The molecule has 3 aliphatic rings. The van der Waals surface area contributed by atoms with Gasteiger partial charge in [-0.2, -0.15) is 0 Å². The number of carbonyl (C=O) groups excluding carboxylic acids is 2. The molecule has 4 rings (SSSR count). The SMILES string of the molecule is CCOC1CC(N(C)C(=O)c2ccc3c(c2)NC(=O)CS3)C12CCCCC2. The van der Waals surface area contributed by atoms with Crippen molar-refractivity contribution in [2.24, 2.45) is 5.41 Å². The Balaban J connectivity index is 1.54. The summed E-state index contributed by atoms with van der Waals surface area (Å²) in [4.78, 5) is 27.8. The van der Waals surface area contributed by atoms with E-state index in [-0.39, 0.29) is 29.4 Å². The predicted octanol–water partition coefficient (Wildman–Crippen LogP) is 3.93. The highest BCUT2D eigenvalue weighted by Gasteiger charge is 2.57. The minimum Gasteiger partial charge on any atom is -0.378 e. The first-order chi connectivity index (χ1) is 13.0. The molecule has 0 aromatic heterocycles. The third-order valence-corrected chi connectivity index (χ3v) is 7.62. The lowest BCUT2D eigenvalue weighted by Gasteiger charge is -2.60. The summed E-state index contributed by atoms with van der Waals surface area (Å²) in [5.41, 5.74) is 1.52. The zero-order valence-corrected chi connectivity index (χ0v) is 16.9. The van der Waals surface area contributed by atoms with Crippen LogP contribution in [0.4, 0.5) is 5.69 Å². The lowest BCUT2D eigenvalue weighted by Crippen LogP contribution is -2.65. The highest BCUT2D eigenvalue weighted by molar-refractivity contribution is 8.00. The maximum atomic E-state index is 13.2. The fourth-order valence-corrected chi connectivity index (χ4v) is 5.92. The molecule has 27 heavy (non-hydrogen) atoms. The molecule has 2 atom stereocenters. The van der Waals surface area contributed by atoms with Gasteiger partial charge >= 0.3 is 0 Å². The Morgan fingerprint density at radius 3 is 2.85 bits per heavy atom. The number of rotatable bonds is 4. The lowest BCUT2D eigenvalue weighted by molar-refractivity contribution is -0.170. The van der Waals surface area contributed by atoms with Gasteiger partial charge in [0.15, 0.2) is 0 Å². The van der Waals surface area contributed by atoms with Gasteiger partial charge in [-0.3, -0.25) is 9.59 Å². The van der Waals surface area contributed by atoms with Crippen molar-refractivity contribution >= 4 is 29.3 Å². The number of fused-ring (bicyclic) bond motifs is 1. The van der Waals surface area contributed by atoms with Crippen LogP contribution in [-0.4, -0.2) is 48.3 Å². The van der Waals surface area contributed by atoms with E-state index in [9.17, 15) is 9.59 Å². The first kappa shape index (κ1) is 18.8. The molecular weight excluding hydrogens is 360 g/mol. The first-order valence-corrected chi connectivity index (χ1v) is 11.0. The van der Waals surface area contributed by atoms with Crippen molar-refractivity contribution in [1.82, 2.24) is 4.90 Å². The summed E-state index contributed by atoms with van der Waals surface area (Å²) in [5, 5.41) is 2.88. The fourth-order valence-electron chi connectivity index (χ4n) is 5.13. The highest BCUT2D eigenvalue weighted by atomic mass is 32.2. The van der Waals surface area contributed by atoms with Gasteiger partial charge in [0.05, 0.1) is 17.5 Å². The second kappa shape index (κ2) is 7.47. The van der Waals surface area contributed by atoms with E-state index < -0.39 is 0 Å². The number of ether oxygens (including phenoxy) is 1. The molecule has 146 valence electrons. The van der Waals surface area contributed by atoms with E-state index >= 15 is 0 Å². The molecule has 1 aromatic carbocycles. The molecule has 1 aromatic rings. The van der Waals surface area contributed by atoms with Gasteiger partial charge < -0.3 is 15.0 Å². The van der Waals surface area contributed by atoms with E-state index in [0.29, 0.717) is 11.3 Å². The number of nitrogens with zero attached hydrogens (tertiary/aromatic N) is 1. The summed E-state index contributed by atoms with van der Waals surface area (Å²) in [6.07, 6.45) is 7.24. The predicted molar refractivity (Wildman–Crippen MR) is 107 cm³/mol. The molecule has 5 nitrogen and oxygen atoms in total. The zero-order valence-electron chi connectivity index (χ0n) is 16.1. The summed E-state index contributed by atoms with van der Waals surface area (Å²) in [7, 11) is 1.93. The van der Waals surface area contributed by atoms with Gasteiger partial charge in [0.2, 0.25) is 5.91 Å². The van der Waals surface area contributed by atoms with Gasteiger partial charge in [0, 0.05) is 35.6 Å². The van der Waals surface area contributed by atoms with Crippen LogP contribution in [0.5, 0.6) is 0 Å². The topological polar surface area (TPSA) is 58.6 Å². The van der Waals surface area contributed by atoms with Gasteiger partial charge in [0.1, 0.15) is 0 Å². The molecule has 1 N–H and O–H groups in total. The largest absolute Gasteiger partial charge is 0.378 e. The Kier molecular flexibility index (Phi) is 5.21. The molecule has 1 heterocycles. The van der Waals surface area contributed by atoms with E-state index in [1.807, 2.05) is 30.1 Å². The second-order valence-electron chi connectivity index (χ2n) is 7.95. The molecule has 1 aliphatic heterocycles. The standard InChI is InChI=1S/C21H28N2O3S/c1-3-26-18-12-17(21(18)9-5-4-6-10-21)23(2)20(25)14-7-8-16-15(11-14)22-19(24)13-27-16/h7-8,11,17-18H,3-6,9-10,12-13H2,1-2H3,(H,22,24). The van der Waals surface area contributed by atoms with Crippen LogP contribution < -0.4 is 5.32 Å². The highest BCUT2D eigenvalue weighted by Crippen LogP contribution is 2.55. The molecule has 0 saturated heterocycles. The van der Waals surface area contributed by atoms with Crippen LogP contribution in [0.3, 0.4) is 0 Å². The Labute approximate surface area is 165 Å². The molecule has 2 fully saturated rings. The molecule has 0 bridgehead atoms. The van der Waals surface area contributed by atoms with Crippen LogP contribution in [0.1, 0.15) is 55.8 Å². The van der Waals surface area contributed by atoms with Gasteiger partial charge in [-0.25, -0.2) is 0 Å². The number of hydrogen-bond donors (Lipinski definition) is 1. The number of thioether (sulfide) groups is 1. The first-order valence-electron chi connectivity index (χ1n) is 10.0. The van der Waals surface area contributed by atoms with Crippen LogP contribution in [0.15, 0.2) is 23.1 Å². The normalized spacial score (nSPS) is 26.1. The van der Waals surface area contributed by atoms with E-state index in [4.69, 9.17) is 4.74 Å². The number of hydrogen-bond acceptors (Lipinski definition) is 4. The molecule has 1 spiro atoms. The van der Waals surface area contributed by atoms with Crippen LogP contribution in [0.2, 0.25) is 0 Å². The molecule has 2 saturated carbocycles. The monoisotopic (exact) mass is 388 g/mol. The minimum absolute atomic E-state index is 0.00911. The Morgan fingerprint density at radius 1 is 1.33 bits per heavy atom. The van der Waals surface area contributed by atoms with Crippen molar-refractivity contribution in [3.05, 3.63) is 23.8 Å². The van der Waals surface area contributed by atoms with Crippen molar-refractivity contribution in [2.75, 3.05) is 24.7 Å². The quantitative estimate of drug-likeness (QED) is 0.849. The van der Waals surface area contributed by atoms with Crippen molar-refractivity contribution < 1.29 is 14.3 Å². The van der Waals surface area contributed by atoms with Crippen molar-refractivity contribution in [2.45, 2.75) is 62.5 Å². The number of nitrogens with one attached hydrogen (secondary N) is 1. The Hall–Kier alpha value is -1.53. The third-order valence-electron chi connectivity index (χ3n) is 6.54. The van der Waals surface area contributed by atoms with Gasteiger partial charge in [0.25, 0.3) is 5.91 Å². The molecule has 0 radical (unpaired) electrons. The minimum atomic E-state index is -0.00911. The van der Waals surface area contributed by atoms with E-state index in [2.05, 4.69) is 12.2 Å².